The van der Waals surface area contributed by atoms with E-state index < -0.39 is 0 Å². The molecule has 1 aromatic carbocycles. The van der Waals surface area contributed by atoms with E-state index >= 15 is 0 Å². The number of rotatable bonds is 5. The zero-order valence-corrected chi connectivity index (χ0v) is 8.77. The summed E-state index contributed by atoms with van der Waals surface area (Å²) in [5.74, 6) is 0.645. The van der Waals surface area contributed by atoms with E-state index in [2.05, 4.69) is 0 Å². The molecule has 0 radical (unpaired) electrons. The smallest absolute Gasteiger partial charge is 0.142 e. The molecule has 0 heterocycles. The van der Waals surface area contributed by atoms with Gasteiger partial charge in [-0.2, -0.15) is 0 Å². The van der Waals surface area contributed by atoms with Gasteiger partial charge in [0.05, 0.1) is 12.3 Å². The minimum Gasteiger partial charge on any atom is -0.487 e. The van der Waals surface area contributed by atoms with Crippen molar-refractivity contribution in [3.63, 3.8) is 0 Å². The van der Waals surface area contributed by atoms with Crippen LogP contribution in [0, 0.1) is 0 Å². The van der Waals surface area contributed by atoms with Crippen LogP contribution in [0.5, 0.6) is 5.75 Å². The van der Waals surface area contributed by atoms with Gasteiger partial charge in [0.2, 0.25) is 0 Å². The van der Waals surface area contributed by atoms with E-state index in [-0.39, 0.29) is 0 Å². The summed E-state index contributed by atoms with van der Waals surface area (Å²) in [7, 11) is 1.64. The first-order valence-corrected chi connectivity index (χ1v) is 4.65. The second kappa shape index (κ2) is 5.93. The minimum atomic E-state index is 0.470. The molecule has 4 N–H and O–H groups in total. The largest absolute Gasteiger partial charge is 0.487 e. The molecule has 0 amide bonds. The first-order chi connectivity index (χ1) is 7.24. The highest BCUT2D eigenvalue weighted by Gasteiger charge is 1.98. The van der Waals surface area contributed by atoms with Crippen LogP contribution < -0.4 is 16.2 Å². The monoisotopic (exact) mass is 208 g/mol. The third-order valence-electron chi connectivity index (χ3n) is 1.80. The second-order valence-corrected chi connectivity index (χ2v) is 3.04. The van der Waals surface area contributed by atoms with Crippen molar-refractivity contribution in [3.05, 3.63) is 30.4 Å². The van der Waals surface area contributed by atoms with Gasteiger partial charge in [0.1, 0.15) is 12.4 Å². The summed E-state index contributed by atoms with van der Waals surface area (Å²) in [5.41, 5.74) is 12.4. The van der Waals surface area contributed by atoms with Gasteiger partial charge in [-0.1, -0.05) is 6.08 Å². The Morgan fingerprint density at radius 1 is 1.20 bits per heavy atom. The number of hydrogen-bond acceptors (Lipinski definition) is 4. The normalized spacial score (nSPS) is 10.7. The zero-order chi connectivity index (χ0) is 11.1. The average molecular weight is 208 g/mol. The van der Waals surface area contributed by atoms with Crippen molar-refractivity contribution in [3.8, 4) is 5.75 Å². The zero-order valence-electron chi connectivity index (χ0n) is 8.77. The number of ether oxygens (including phenoxy) is 2. The van der Waals surface area contributed by atoms with Gasteiger partial charge in [-0.3, -0.25) is 0 Å². The van der Waals surface area contributed by atoms with Gasteiger partial charge in [0, 0.05) is 12.8 Å². The van der Waals surface area contributed by atoms with Crippen LogP contribution >= 0.6 is 0 Å². The fourth-order valence-electron chi connectivity index (χ4n) is 1.07. The van der Waals surface area contributed by atoms with E-state index in [1.165, 1.54) is 0 Å². The lowest BCUT2D eigenvalue weighted by atomic mass is 10.2. The Balaban J connectivity index is 2.44. The summed E-state index contributed by atoms with van der Waals surface area (Å²) in [6.07, 6.45) is 3.76. The van der Waals surface area contributed by atoms with Crippen LogP contribution in [0.25, 0.3) is 0 Å². The number of anilines is 2. The Morgan fingerprint density at radius 3 is 2.60 bits per heavy atom. The molecule has 0 saturated heterocycles. The summed E-state index contributed by atoms with van der Waals surface area (Å²) in [6.45, 7) is 1.05. The van der Waals surface area contributed by atoms with E-state index in [0.29, 0.717) is 30.3 Å². The van der Waals surface area contributed by atoms with Crippen LogP contribution in [0.2, 0.25) is 0 Å². The summed E-state index contributed by atoms with van der Waals surface area (Å²) in [5, 5.41) is 0. The number of nitrogen functional groups attached to an aromatic ring is 2. The van der Waals surface area contributed by atoms with E-state index in [0.717, 1.165) is 0 Å². The molecule has 0 fully saturated rings. The van der Waals surface area contributed by atoms with Gasteiger partial charge in [0.25, 0.3) is 0 Å². The van der Waals surface area contributed by atoms with Crippen LogP contribution in [0.1, 0.15) is 0 Å². The highest BCUT2D eigenvalue weighted by molar-refractivity contribution is 5.60. The molecule has 0 saturated carbocycles. The Labute approximate surface area is 89.5 Å². The van der Waals surface area contributed by atoms with Gasteiger partial charge in [-0.25, -0.2) is 0 Å². The fourth-order valence-corrected chi connectivity index (χ4v) is 1.07. The lowest BCUT2D eigenvalue weighted by Crippen LogP contribution is -1.99. The van der Waals surface area contributed by atoms with Crippen LogP contribution in [0.15, 0.2) is 30.4 Å². The first kappa shape index (κ1) is 11.4. The second-order valence-electron chi connectivity index (χ2n) is 3.04. The predicted octanol–water partition coefficient (Wildman–Crippen LogP) is 1.43. The summed E-state index contributed by atoms with van der Waals surface area (Å²) < 4.78 is 10.3. The molecule has 0 spiro atoms. The first-order valence-electron chi connectivity index (χ1n) is 4.65. The Morgan fingerprint density at radius 2 is 1.93 bits per heavy atom. The fraction of sp³-hybridized carbons (Fsp3) is 0.273. The van der Waals surface area contributed by atoms with Gasteiger partial charge >= 0.3 is 0 Å². The van der Waals surface area contributed by atoms with Crippen LogP contribution in [-0.2, 0) is 4.74 Å². The number of nitrogens with two attached hydrogens (primary N) is 2. The highest BCUT2D eigenvalue weighted by atomic mass is 16.5. The van der Waals surface area contributed by atoms with Gasteiger partial charge in [-0.15, -0.1) is 0 Å². The van der Waals surface area contributed by atoms with Gasteiger partial charge in [-0.05, 0) is 24.3 Å². The maximum Gasteiger partial charge on any atom is 0.142 e. The summed E-state index contributed by atoms with van der Waals surface area (Å²) in [6, 6.07) is 5.19. The predicted molar refractivity (Wildman–Crippen MR) is 61.8 cm³/mol. The Hall–Kier alpha value is -1.68. The molecule has 1 aromatic rings. The molecule has 0 aliphatic rings. The highest BCUT2D eigenvalue weighted by Crippen LogP contribution is 2.23. The van der Waals surface area contributed by atoms with E-state index in [1.54, 1.807) is 25.3 Å². The number of methoxy groups -OCH3 is 1. The molecular weight excluding hydrogens is 192 g/mol. The standard InChI is InChI=1S/C11H16N2O2/c1-14-6-2-3-7-15-11-5-4-9(12)8-10(11)13/h2-5,8H,6-7,12-13H2,1H3/b3-2+. The third kappa shape index (κ3) is 3.91. The molecule has 4 nitrogen and oxygen atoms in total. The van der Waals surface area contributed by atoms with Gasteiger partial charge in [0.15, 0.2) is 0 Å². The molecule has 15 heavy (non-hydrogen) atoms. The van der Waals surface area contributed by atoms with Crippen molar-refractivity contribution < 1.29 is 9.47 Å². The van der Waals surface area contributed by atoms with Gasteiger partial charge < -0.3 is 20.9 Å². The molecule has 1 rings (SSSR count). The molecular formula is C11H16N2O2. The Bertz CT molecular complexity index is 337. The van der Waals surface area contributed by atoms with Crippen molar-refractivity contribution in [2.24, 2.45) is 0 Å². The maximum atomic E-state index is 5.71. The van der Waals surface area contributed by atoms with Crippen molar-refractivity contribution in [2.75, 3.05) is 31.8 Å². The maximum absolute atomic E-state index is 5.71. The van der Waals surface area contributed by atoms with Crippen LogP contribution in [-0.4, -0.2) is 20.3 Å². The molecule has 0 aliphatic carbocycles. The Kier molecular flexibility index (Phi) is 4.50. The SMILES string of the molecule is COC/C=C/COc1ccc(N)cc1N. The van der Waals surface area contributed by atoms with E-state index in [1.807, 2.05) is 12.2 Å². The molecule has 0 bridgehead atoms. The molecule has 0 aromatic heterocycles. The summed E-state index contributed by atoms with van der Waals surface area (Å²) >= 11 is 0. The third-order valence-corrected chi connectivity index (χ3v) is 1.80. The topological polar surface area (TPSA) is 70.5 Å². The molecule has 4 heteroatoms. The lowest BCUT2D eigenvalue weighted by Gasteiger charge is -2.06. The number of benzene rings is 1. The minimum absolute atomic E-state index is 0.470. The molecule has 0 aliphatic heterocycles. The average Bonchev–Trinajstić information content (AvgIpc) is 2.20. The van der Waals surface area contributed by atoms with E-state index in [9.17, 15) is 0 Å². The van der Waals surface area contributed by atoms with Crippen molar-refractivity contribution in [1.82, 2.24) is 0 Å². The quantitative estimate of drug-likeness (QED) is 0.567. The molecule has 82 valence electrons. The summed E-state index contributed by atoms with van der Waals surface area (Å²) in [4.78, 5) is 0. The lowest BCUT2D eigenvalue weighted by molar-refractivity contribution is 0.233. The van der Waals surface area contributed by atoms with Crippen LogP contribution in [0.4, 0.5) is 11.4 Å². The van der Waals surface area contributed by atoms with Crippen molar-refractivity contribution >= 4 is 11.4 Å². The van der Waals surface area contributed by atoms with Crippen molar-refractivity contribution in [1.29, 1.82) is 0 Å². The molecule has 0 unspecified atom stereocenters. The van der Waals surface area contributed by atoms with Crippen molar-refractivity contribution in [2.45, 2.75) is 0 Å². The number of hydrogen-bond donors (Lipinski definition) is 2. The van der Waals surface area contributed by atoms with Crippen LogP contribution in [0.3, 0.4) is 0 Å². The van der Waals surface area contributed by atoms with E-state index in [4.69, 9.17) is 20.9 Å². The molecule has 0 atom stereocenters.